The molecule has 0 atom stereocenters. The van der Waals surface area contributed by atoms with Crippen molar-refractivity contribution in [3.05, 3.63) is 51.9 Å². The normalized spacial score (nSPS) is 11.3. The Labute approximate surface area is 175 Å². The first-order chi connectivity index (χ1) is 13.9. The molecule has 3 aromatic rings. The lowest BCUT2D eigenvalue weighted by Crippen LogP contribution is -2.24. The van der Waals surface area contributed by atoms with Gasteiger partial charge in [0.15, 0.2) is 5.16 Å². The van der Waals surface area contributed by atoms with Crippen LogP contribution in [-0.4, -0.2) is 26.2 Å². The maximum atomic E-state index is 12.9. The number of aryl methyl sites for hydroxylation is 1. The highest BCUT2D eigenvalue weighted by Crippen LogP contribution is 2.24. The number of para-hydroxylation sites is 1. The summed E-state index contributed by atoms with van der Waals surface area (Å²) < 4.78 is 1.68. The fourth-order valence-corrected chi connectivity index (χ4v) is 4.09. The van der Waals surface area contributed by atoms with E-state index in [9.17, 15) is 9.59 Å². The van der Waals surface area contributed by atoms with Crippen LogP contribution in [0.25, 0.3) is 11.0 Å². The van der Waals surface area contributed by atoms with E-state index in [0.29, 0.717) is 28.7 Å². The van der Waals surface area contributed by atoms with Gasteiger partial charge in [0, 0.05) is 17.9 Å². The molecule has 0 aliphatic carbocycles. The quantitative estimate of drug-likeness (QED) is 0.416. The van der Waals surface area contributed by atoms with Crippen molar-refractivity contribution in [3.63, 3.8) is 0 Å². The summed E-state index contributed by atoms with van der Waals surface area (Å²) >= 11 is 1.30. The third kappa shape index (κ3) is 4.90. The predicted molar refractivity (Wildman–Crippen MR) is 120 cm³/mol. The van der Waals surface area contributed by atoms with Gasteiger partial charge in [-0.15, -0.1) is 0 Å². The Morgan fingerprint density at radius 2 is 2.07 bits per heavy atom. The van der Waals surface area contributed by atoms with Gasteiger partial charge in [-0.25, -0.2) is 4.98 Å². The molecule has 0 unspecified atom stereocenters. The van der Waals surface area contributed by atoms with Gasteiger partial charge in [0.1, 0.15) is 5.52 Å². The number of anilines is 1. The lowest BCUT2D eigenvalue weighted by atomic mass is 10.0. The number of fused-ring (bicyclic) bond motifs is 1. The van der Waals surface area contributed by atoms with E-state index in [-0.39, 0.29) is 17.2 Å². The molecule has 0 saturated carbocycles. The lowest BCUT2D eigenvalue weighted by Gasteiger charge is -2.14. The minimum absolute atomic E-state index is 0.0791. The van der Waals surface area contributed by atoms with Crippen molar-refractivity contribution in [2.24, 2.45) is 0 Å². The van der Waals surface area contributed by atoms with E-state index < -0.39 is 0 Å². The number of carbonyl (C=O) groups excluding carboxylic acids is 1. The Bertz CT molecular complexity index is 1070. The van der Waals surface area contributed by atoms with Crippen molar-refractivity contribution < 1.29 is 4.79 Å². The fourth-order valence-electron chi connectivity index (χ4n) is 3.27. The average Bonchev–Trinajstić information content (AvgIpc) is 3.06. The number of hydrogen-bond acceptors (Lipinski definition) is 4. The zero-order chi connectivity index (χ0) is 21.0. The topological polar surface area (TPSA) is 79.8 Å². The molecule has 0 radical (unpaired) electrons. The molecule has 3 rings (SSSR count). The molecule has 2 aromatic heterocycles. The molecule has 2 N–H and O–H groups in total. The zero-order valence-corrected chi connectivity index (χ0v) is 18.2. The largest absolute Gasteiger partial charge is 0.353 e. The zero-order valence-electron chi connectivity index (χ0n) is 17.4. The fraction of sp³-hybridized carbons (Fsp3) is 0.409. The average molecular weight is 413 g/mol. The summed E-state index contributed by atoms with van der Waals surface area (Å²) in [6.45, 7) is 8.79. The summed E-state index contributed by atoms with van der Waals surface area (Å²) in [4.78, 5) is 33.2. The van der Waals surface area contributed by atoms with Crippen molar-refractivity contribution >= 4 is 34.4 Å². The Morgan fingerprint density at radius 3 is 2.79 bits per heavy atom. The lowest BCUT2D eigenvalue weighted by molar-refractivity contribution is -0.113. The van der Waals surface area contributed by atoms with Crippen LogP contribution in [0.5, 0.6) is 0 Å². The SMILES string of the molecule is CCCCn1c(SCC(=O)Nc2ccccc2C(C)C)nc2cc(C)[nH]c2c1=O. The van der Waals surface area contributed by atoms with Gasteiger partial charge in [-0.1, -0.05) is 57.2 Å². The second-order valence-electron chi connectivity index (χ2n) is 7.50. The molecule has 0 aliphatic heterocycles. The van der Waals surface area contributed by atoms with Gasteiger partial charge in [-0.3, -0.25) is 14.2 Å². The van der Waals surface area contributed by atoms with Gasteiger partial charge in [0.05, 0.1) is 11.3 Å². The molecule has 6 nitrogen and oxygen atoms in total. The van der Waals surface area contributed by atoms with Gasteiger partial charge in [0.25, 0.3) is 5.56 Å². The molecule has 29 heavy (non-hydrogen) atoms. The predicted octanol–water partition coefficient (Wildman–Crippen LogP) is 4.69. The molecule has 7 heteroatoms. The molecule has 0 saturated heterocycles. The number of unbranched alkanes of at least 4 members (excludes halogenated alkanes) is 1. The molecule has 154 valence electrons. The van der Waals surface area contributed by atoms with E-state index in [1.807, 2.05) is 37.3 Å². The van der Waals surface area contributed by atoms with E-state index >= 15 is 0 Å². The number of rotatable bonds is 8. The first-order valence-electron chi connectivity index (χ1n) is 10.0. The summed E-state index contributed by atoms with van der Waals surface area (Å²) in [6.07, 6.45) is 1.86. The van der Waals surface area contributed by atoms with E-state index in [4.69, 9.17) is 0 Å². The van der Waals surface area contributed by atoms with Crippen LogP contribution in [0.2, 0.25) is 0 Å². The third-order valence-electron chi connectivity index (χ3n) is 4.76. The number of nitrogens with zero attached hydrogens (tertiary/aromatic N) is 2. The van der Waals surface area contributed by atoms with Crippen LogP contribution in [0.3, 0.4) is 0 Å². The van der Waals surface area contributed by atoms with Gasteiger partial charge in [-0.2, -0.15) is 0 Å². The summed E-state index contributed by atoms with van der Waals surface area (Å²) in [5, 5.41) is 3.58. The van der Waals surface area contributed by atoms with Gasteiger partial charge in [0.2, 0.25) is 5.91 Å². The van der Waals surface area contributed by atoms with Crippen LogP contribution in [-0.2, 0) is 11.3 Å². The molecule has 1 aromatic carbocycles. The smallest absolute Gasteiger partial charge is 0.278 e. The highest BCUT2D eigenvalue weighted by molar-refractivity contribution is 7.99. The number of carbonyl (C=O) groups is 1. The number of H-pyrrole nitrogens is 1. The van der Waals surface area contributed by atoms with E-state index in [0.717, 1.165) is 29.8 Å². The minimum atomic E-state index is -0.107. The summed E-state index contributed by atoms with van der Waals surface area (Å²) in [5.41, 5.74) is 3.93. The monoisotopic (exact) mass is 412 g/mol. The number of nitrogens with one attached hydrogen (secondary N) is 2. The van der Waals surface area contributed by atoms with E-state index in [1.54, 1.807) is 4.57 Å². The highest BCUT2D eigenvalue weighted by Gasteiger charge is 2.15. The van der Waals surface area contributed by atoms with Gasteiger partial charge >= 0.3 is 0 Å². The van der Waals surface area contributed by atoms with Crippen molar-refractivity contribution in [2.75, 3.05) is 11.1 Å². The summed E-state index contributed by atoms with van der Waals surface area (Å²) in [7, 11) is 0. The molecule has 0 bridgehead atoms. The van der Waals surface area contributed by atoms with Crippen LogP contribution in [0, 0.1) is 6.92 Å². The van der Waals surface area contributed by atoms with Crippen LogP contribution < -0.4 is 10.9 Å². The van der Waals surface area contributed by atoms with Gasteiger partial charge in [-0.05, 0) is 37.0 Å². The Balaban J connectivity index is 1.80. The number of aromatic nitrogens is 3. The minimum Gasteiger partial charge on any atom is -0.353 e. The highest BCUT2D eigenvalue weighted by atomic mass is 32.2. The Morgan fingerprint density at radius 1 is 1.31 bits per heavy atom. The maximum Gasteiger partial charge on any atom is 0.278 e. The molecular weight excluding hydrogens is 384 g/mol. The third-order valence-corrected chi connectivity index (χ3v) is 5.74. The Kier molecular flexibility index (Phi) is 6.79. The number of aromatic amines is 1. The molecule has 1 amide bonds. The van der Waals surface area contributed by atoms with Crippen LogP contribution in [0.15, 0.2) is 40.3 Å². The summed E-state index contributed by atoms with van der Waals surface area (Å²) in [6, 6.07) is 9.70. The van der Waals surface area contributed by atoms with Crippen LogP contribution in [0.1, 0.15) is 50.8 Å². The number of hydrogen-bond donors (Lipinski definition) is 2. The van der Waals surface area contributed by atoms with Crippen molar-refractivity contribution in [1.82, 2.24) is 14.5 Å². The maximum absolute atomic E-state index is 12.9. The van der Waals surface area contributed by atoms with Crippen molar-refractivity contribution in [3.8, 4) is 0 Å². The summed E-state index contributed by atoms with van der Waals surface area (Å²) in [5.74, 6) is 0.406. The first kappa shape index (κ1) is 21.2. The second-order valence-corrected chi connectivity index (χ2v) is 8.44. The van der Waals surface area contributed by atoms with Crippen LogP contribution in [0.4, 0.5) is 5.69 Å². The van der Waals surface area contributed by atoms with E-state index in [1.165, 1.54) is 11.8 Å². The van der Waals surface area contributed by atoms with Gasteiger partial charge < -0.3 is 10.3 Å². The molecule has 0 spiro atoms. The van der Waals surface area contributed by atoms with Crippen molar-refractivity contribution in [2.45, 2.75) is 58.2 Å². The number of thioether (sulfide) groups is 1. The molecule has 0 fully saturated rings. The first-order valence-corrected chi connectivity index (χ1v) is 11.0. The van der Waals surface area contributed by atoms with Crippen molar-refractivity contribution in [1.29, 1.82) is 0 Å². The van der Waals surface area contributed by atoms with Crippen LogP contribution >= 0.6 is 11.8 Å². The number of amides is 1. The Hall–Kier alpha value is -2.54. The standard InChI is InChI=1S/C22H28N4O2S/c1-5-6-11-26-21(28)20-18(12-15(4)23-20)25-22(26)29-13-19(27)24-17-10-8-7-9-16(17)14(2)3/h7-10,12,14,23H,5-6,11,13H2,1-4H3,(H,24,27). The molecular formula is C22H28N4O2S. The second kappa shape index (κ2) is 9.31. The van der Waals surface area contributed by atoms with E-state index in [2.05, 4.69) is 36.1 Å². The number of benzene rings is 1. The molecule has 0 aliphatic rings. The molecule has 2 heterocycles.